The summed E-state index contributed by atoms with van der Waals surface area (Å²) >= 11 is 0. The van der Waals surface area contributed by atoms with Crippen LogP contribution in [0.4, 0.5) is 0 Å². The molecule has 3 aromatic rings. The smallest absolute Gasteiger partial charge is 0.254 e. The van der Waals surface area contributed by atoms with Gasteiger partial charge in [0.05, 0.1) is 0 Å². The number of aromatic amines is 1. The van der Waals surface area contributed by atoms with E-state index < -0.39 is 0 Å². The third-order valence-electron chi connectivity index (χ3n) is 4.63. The Bertz CT molecular complexity index is 856. The molecule has 4 rings (SSSR count). The topological polar surface area (TPSA) is 48.6 Å². The summed E-state index contributed by atoms with van der Waals surface area (Å²) in [6.07, 6.45) is 2.44. The molecule has 0 radical (unpaired) electrons. The third-order valence-corrected chi connectivity index (χ3v) is 4.63. The Morgan fingerprint density at radius 3 is 2.71 bits per heavy atom. The number of hydrogen-bond donors (Lipinski definition) is 1. The van der Waals surface area contributed by atoms with Crippen LogP contribution in [0.15, 0.2) is 60.8 Å². The summed E-state index contributed by atoms with van der Waals surface area (Å²) in [4.78, 5) is 17.6. The van der Waals surface area contributed by atoms with E-state index in [0.717, 1.165) is 17.5 Å². The van der Waals surface area contributed by atoms with Gasteiger partial charge in [0.15, 0.2) is 6.10 Å². The lowest BCUT2D eigenvalue weighted by Crippen LogP contribution is -2.32. The molecule has 0 bridgehead atoms. The molecular weight excluding hydrogens is 300 g/mol. The van der Waals surface area contributed by atoms with Crippen LogP contribution in [0.25, 0.3) is 10.9 Å². The first-order valence-corrected chi connectivity index (χ1v) is 8.24. The molecular formula is C20H20N2O2. The van der Waals surface area contributed by atoms with E-state index in [4.69, 9.17) is 4.74 Å². The number of para-hydroxylation sites is 1. The second-order valence-electron chi connectivity index (χ2n) is 6.26. The van der Waals surface area contributed by atoms with Crippen molar-refractivity contribution in [2.75, 3.05) is 13.6 Å². The molecule has 1 aromatic heterocycles. The van der Waals surface area contributed by atoms with Gasteiger partial charge in [-0.1, -0.05) is 48.5 Å². The first-order chi connectivity index (χ1) is 11.7. The molecule has 0 spiro atoms. The fourth-order valence-corrected chi connectivity index (χ4v) is 3.15. The second-order valence-corrected chi connectivity index (χ2v) is 6.26. The van der Waals surface area contributed by atoms with Crippen molar-refractivity contribution in [1.29, 1.82) is 0 Å². The zero-order valence-electron chi connectivity index (χ0n) is 13.6. The number of nitrogens with zero attached hydrogens (tertiary/aromatic N) is 1. The van der Waals surface area contributed by atoms with Gasteiger partial charge in [-0.25, -0.2) is 0 Å². The maximum atomic E-state index is 12.5. The summed E-state index contributed by atoms with van der Waals surface area (Å²) in [5, 5.41) is 1.23. The van der Waals surface area contributed by atoms with E-state index in [2.05, 4.69) is 17.1 Å². The van der Waals surface area contributed by atoms with Gasteiger partial charge in [-0.2, -0.15) is 0 Å². The monoisotopic (exact) mass is 320 g/mol. The first-order valence-electron chi connectivity index (χ1n) is 8.24. The summed E-state index contributed by atoms with van der Waals surface area (Å²) in [6.45, 7) is 0.683. The molecule has 4 heteroatoms. The standard InChI is InChI=1S/C20H20N2O2/c1-22(12-11-15-13-21-17-10-6-5-9-16(15)17)20(23)19-18(24-19)14-7-3-2-4-8-14/h2-10,13,18-19,21H,11-12H2,1H3/t18-,19+/m1/s1. The van der Waals surface area contributed by atoms with Crippen molar-refractivity contribution in [1.82, 2.24) is 9.88 Å². The van der Waals surface area contributed by atoms with Crippen molar-refractivity contribution < 1.29 is 9.53 Å². The molecule has 1 aliphatic rings. The maximum Gasteiger partial charge on any atom is 0.254 e. The van der Waals surface area contributed by atoms with Gasteiger partial charge in [0.1, 0.15) is 6.10 Å². The summed E-state index contributed by atoms with van der Waals surface area (Å²) in [6, 6.07) is 18.2. The lowest BCUT2D eigenvalue weighted by Gasteiger charge is -2.15. The number of likely N-dealkylation sites (N-methyl/N-ethyl adjacent to an activating group) is 1. The highest BCUT2D eigenvalue weighted by molar-refractivity contribution is 5.85. The van der Waals surface area contributed by atoms with E-state index >= 15 is 0 Å². The molecule has 24 heavy (non-hydrogen) atoms. The van der Waals surface area contributed by atoms with Crippen molar-refractivity contribution >= 4 is 16.8 Å². The number of aromatic nitrogens is 1. The fraction of sp³-hybridized carbons (Fsp3) is 0.250. The quantitative estimate of drug-likeness (QED) is 0.733. The average molecular weight is 320 g/mol. The van der Waals surface area contributed by atoms with E-state index in [9.17, 15) is 4.79 Å². The summed E-state index contributed by atoms with van der Waals surface area (Å²) in [7, 11) is 1.85. The van der Waals surface area contributed by atoms with Crippen molar-refractivity contribution in [2.24, 2.45) is 0 Å². The number of rotatable bonds is 5. The molecule has 122 valence electrons. The van der Waals surface area contributed by atoms with Crippen molar-refractivity contribution in [3.63, 3.8) is 0 Å². The molecule has 0 saturated carbocycles. The third kappa shape index (κ3) is 2.81. The molecule has 0 unspecified atom stereocenters. The highest BCUT2D eigenvalue weighted by atomic mass is 16.6. The van der Waals surface area contributed by atoms with Crippen LogP contribution in [0.5, 0.6) is 0 Å². The largest absolute Gasteiger partial charge is 0.361 e. The summed E-state index contributed by atoms with van der Waals surface area (Å²) in [5.74, 6) is 0.0590. The fourth-order valence-electron chi connectivity index (χ4n) is 3.15. The number of benzene rings is 2. The van der Waals surface area contributed by atoms with Gasteiger partial charge in [0, 0.05) is 30.7 Å². The number of nitrogens with one attached hydrogen (secondary N) is 1. The van der Waals surface area contributed by atoms with E-state index in [1.54, 1.807) is 4.90 Å². The summed E-state index contributed by atoms with van der Waals surface area (Å²) < 4.78 is 5.60. The molecule has 1 saturated heterocycles. The molecule has 1 N–H and O–H groups in total. The van der Waals surface area contributed by atoms with Crippen molar-refractivity contribution in [2.45, 2.75) is 18.6 Å². The SMILES string of the molecule is CN(CCc1c[nH]c2ccccc12)C(=O)[C@H]1O[C@@H]1c1ccccc1. The van der Waals surface area contributed by atoms with Crippen LogP contribution < -0.4 is 0 Å². The Morgan fingerprint density at radius 2 is 1.88 bits per heavy atom. The minimum absolute atomic E-state index is 0.0590. The maximum absolute atomic E-state index is 12.5. The average Bonchev–Trinajstić information content (AvgIpc) is 3.33. The first kappa shape index (κ1) is 15.0. The number of fused-ring (bicyclic) bond motifs is 1. The zero-order valence-corrected chi connectivity index (χ0v) is 13.6. The molecule has 1 fully saturated rings. The number of ether oxygens (including phenoxy) is 1. The zero-order chi connectivity index (χ0) is 16.5. The minimum Gasteiger partial charge on any atom is -0.361 e. The summed E-state index contributed by atoms with van der Waals surface area (Å²) in [5.41, 5.74) is 3.44. The number of carbonyl (C=O) groups is 1. The van der Waals surface area contributed by atoms with Crippen LogP contribution in [0, 0.1) is 0 Å². The van der Waals surface area contributed by atoms with E-state index in [1.165, 1.54) is 10.9 Å². The van der Waals surface area contributed by atoms with Gasteiger partial charge in [0.25, 0.3) is 5.91 Å². The van der Waals surface area contributed by atoms with Crippen LogP contribution in [-0.2, 0) is 16.0 Å². The highest BCUT2D eigenvalue weighted by Gasteiger charge is 2.47. The predicted octanol–water partition coefficient (Wildman–Crippen LogP) is 3.31. The minimum atomic E-state index is -0.333. The van der Waals surface area contributed by atoms with E-state index in [-0.39, 0.29) is 18.1 Å². The van der Waals surface area contributed by atoms with Crippen LogP contribution >= 0.6 is 0 Å². The molecule has 1 amide bonds. The molecule has 2 atom stereocenters. The van der Waals surface area contributed by atoms with E-state index in [0.29, 0.717) is 6.54 Å². The Balaban J connectivity index is 1.37. The van der Waals surface area contributed by atoms with Gasteiger partial charge in [-0.3, -0.25) is 4.79 Å². The predicted molar refractivity (Wildman–Crippen MR) is 93.7 cm³/mol. The molecule has 4 nitrogen and oxygen atoms in total. The number of H-pyrrole nitrogens is 1. The lowest BCUT2D eigenvalue weighted by atomic mass is 10.1. The number of hydrogen-bond acceptors (Lipinski definition) is 2. The normalized spacial score (nSPS) is 19.4. The van der Waals surface area contributed by atoms with Gasteiger partial charge in [-0.05, 0) is 23.6 Å². The van der Waals surface area contributed by atoms with Crippen LogP contribution in [0.1, 0.15) is 17.2 Å². The number of amides is 1. The molecule has 0 aliphatic carbocycles. The number of epoxide rings is 1. The van der Waals surface area contributed by atoms with Gasteiger partial charge < -0.3 is 14.6 Å². The van der Waals surface area contributed by atoms with Crippen LogP contribution in [-0.4, -0.2) is 35.5 Å². The van der Waals surface area contributed by atoms with Gasteiger partial charge in [-0.15, -0.1) is 0 Å². The van der Waals surface area contributed by atoms with Gasteiger partial charge in [0.2, 0.25) is 0 Å². The highest BCUT2D eigenvalue weighted by Crippen LogP contribution is 2.39. The molecule has 2 heterocycles. The van der Waals surface area contributed by atoms with Gasteiger partial charge >= 0.3 is 0 Å². The van der Waals surface area contributed by atoms with Crippen molar-refractivity contribution in [3.05, 3.63) is 71.9 Å². The molecule has 1 aliphatic heterocycles. The Kier molecular flexibility index (Phi) is 3.82. The van der Waals surface area contributed by atoms with Crippen LogP contribution in [0.2, 0.25) is 0 Å². The second kappa shape index (κ2) is 6.13. The Hall–Kier alpha value is -2.59. The lowest BCUT2D eigenvalue weighted by molar-refractivity contribution is -0.131. The van der Waals surface area contributed by atoms with Crippen molar-refractivity contribution in [3.8, 4) is 0 Å². The number of carbonyl (C=O) groups excluding carboxylic acids is 1. The van der Waals surface area contributed by atoms with E-state index in [1.807, 2.05) is 55.7 Å². The van der Waals surface area contributed by atoms with Crippen LogP contribution in [0.3, 0.4) is 0 Å². The Morgan fingerprint density at radius 1 is 1.12 bits per heavy atom. The molecule has 2 aromatic carbocycles. The Labute approximate surface area is 141 Å².